The molecule has 6 heteroatoms. The Balaban J connectivity index is 3.28. The minimum Gasteiger partial charge on any atom is -0.398 e. The van der Waals surface area contributed by atoms with Crippen molar-refractivity contribution in [2.75, 3.05) is 0 Å². The maximum Gasteiger partial charge on any atom is 0.273 e. The molecule has 0 amide bonds. The molecule has 0 saturated heterocycles. The van der Waals surface area contributed by atoms with E-state index in [1.54, 1.807) is 6.07 Å². The van der Waals surface area contributed by atoms with Gasteiger partial charge in [0.2, 0.25) is 0 Å². The number of rotatable bonds is 2. The van der Waals surface area contributed by atoms with Gasteiger partial charge in [-0.3, -0.25) is 10.1 Å². The number of nitriles is 1. The largest absolute Gasteiger partial charge is 0.398 e. The van der Waals surface area contributed by atoms with E-state index in [-0.39, 0.29) is 11.3 Å². The van der Waals surface area contributed by atoms with Crippen molar-refractivity contribution in [3.63, 3.8) is 0 Å². The average molecular weight is 207 g/mol. The van der Waals surface area contributed by atoms with E-state index in [0.717, 1.165) is 24.3 Å². The Morgan fingerprint density at radius 1 is 1.60 bits per heavy atom. The minimum atomic E-state index is -0.770. The Morgan fingerprint density at radius 2 is 2.27 bits per heavy atom. The lowest BCUT2D eigenvalue weighted by molar-refractivity contribution is -0.385. The first-order valence-corrected chi connectivity index (χ1v) is 3.85. The molecule has 0 atom stereocenters. The van der Waals surface area contributed by atoms with Gasteiger partial charge in [-0.2, -0.15) is 5.26 Å². The van der Waals surface area contributed by atoms with Gasteiger partial charge in [-0.25, -0.2) is 4.39 Å². The number of benzene rings is 1. The van der Waals surface area contributed by atoms with E-state index in [1.807, 2.05) is 0 Å². The number of hydrogen-bond donors (Lipinski definition) is 1. The van der Waals surface area contributed by atoms with Crippen molar-refractivity contribution in [3.8, 4) is 6.07 Å². The molecule has 0 saturated carbocycles. The van der Waals surface area contributed by atoms with E-state index >= 15 is 0 Å². The molecule has 1 rings (SSSR count). The zero-order chi connectivity index (χ0) is 11.4. The summed E-state index contributed by atoms with van der Waals surface area (Å²) in [6.07, 6.45) is 0.985. The van der Waals surface area contributed by atoms with Crippen molar-refractivity contribution in [1.82, 2.24) is 0 Å². The van der Waals surface area contributed by atoms with Crippen LogP contribution >= 0.6 is 0 Å². The molecule has 0 spiro atoms. The van der Waals surface area contributed by atoms with Crippen molar-refractivity contribution in [3.05, 3.63) is 45.8 Å². The predicted octanol–water partition coefficient (Wildman–Crippen LogP) is 1.56. The number of allylic oxidation sites excluding steroid dienone is 1. The summed E-state index contributed by atoms with van der Waals surface area (Å²) in [4.78, 5) is 9.67. The molecular weight excluding hydrogens is 201 g/mol. The Bertz CT molecular complexity index is 477. The van der Waals surface area contributed by atoms with Crippen LogP contribution in [0.3, 0.4) is 0 Å². The van der Waals surface area contributed by atoms with E-state index in [0.29, 0.717) is 0 Å². The summed E-state index contributed by atoms with van der Waals surface area (Å²) < 4.78 is 12.9. The maximum atomic E-state index is 12.9. The molecule has 0 fully saturated rings. The molecule has 1 aromatic rings. The van der Waals surface area contributed by atoms with Crippen molar-refractivity contribution in [1.29, 1.82) is 5.26 Å². The fourth-order valence-corrected chi connectivity index (χ4v) is 0.999. The van der Waals surface area contributed by atoms with Gasteiger partial charge >= 0.3 is 0 Å². The first-order chi connectivity index (χ1) is 7.04. The van der Waals surface area contributed by atoms with E-state index in [1.165, 1.54) is 0 Å². The molecule has 15 heavy (non-hydrogen) atoms. The van der Waals surface area contributed by atoms with Crippen LogP contribution in [-0.2, 0) is 0 Å². The molecule has 76 valence electrons. The monoisotopic (exact) mass is 207 g/mol. The molecule has 0 heterocycles. The molecule has 0 aliphatic carbocycles. The molecule has 0 bridgehead atoms. The number of non-ortho nitro benzene ring substituents is 1. The summed E-state index contributed by atoms with van der Waals surface area (Å²) in [7, 11) is 0. The van der Waals surface area contributed by atoms with Crippen LogP contribution in [-0.4, -0.2) is 4.92 Å². The molecule has 0 radical (unpaired) electrons. The van der Waals surface area contributed by atoms with Gasteiger partial charge in [0.1, 0.15) is 5.82 Å². The van der Waals surface area contributed by atoms with Gasteiger partial charge in [-0.05, 0) is 6.07 Å². The molecule has 2 N–H and O–H groups in total. The molecule has 0 aromatic heterocycles. The summed E-state index contributed by atoms with van der Waals surface area (Å²) in [5, 5.41) is 18.7. The number of halogens is 1. The third kappa shape index (κ3) is 2.51. The van der Waals surface area contributed by atoms with Crippen LogP contribution in [0.25, 0.3) is 5.70 Å². The van der Waals surface area contributed by atoms with Crippen molar-refractivity contribution >= 4 is 11.4 Å². The number of nitrogens with two attached hydrogens (primary N) is 1. The SMILES string of the molecule is N#C/C=C(/N)c1cc(F)cc([N+](=O)[O-])c1. The van der Waals surface area contributed by atoms with Gasteiger partial charge in [-0.15, -0.1) is 0 Å². The maximum absolute atomic E-state index is 12.9. The summed E-state index contributed by atoms with van der Waals surface area (Å²) >= 11 is 0. The first-order valence-electron chi connectivity index (χ1n) is 3.85. The average Bonchev–Trinajstić information content (AvgIpc) is 2.17. The predicted molar refractivity (Wildman–Crippen MR) is 50.8 cm³/mol. The quantitative estimate of drug-likeness (QED) is 0.452. The standard InChI is InChI=1S/C9H6FN3O2/c10-7-3-6(9(12)1-2-11)4-8(5-7)13(14)15/h1,3-5H,12H2/b9-1+. The third-order valence-electron chi connectivity index (χ3n) is 1.65. The highest BCUT2D eigenvalue weighted by atomic mass is 19.1. The highest BCUT2D eigenvalue weighted by Gasteiger charge is 2.10. The summed E-state index contributed by atoms with van der Waals surface area (Å²) in [5.41, 5.74) is 5.09. The van der Waals surface area contributed by atoms with Crippen LogP contribution < -0.4 is 5.73 Å². The van der Waals surface area contributed by atoms with Crippen molar-refractivity contribution < 1.29 is 9.31 Å². The molecule has 0 unspecified atom stereocenters. The highest BCUT2D eigenvalue weighted by Crippen LogP contribution is 2.19. The molecule has 0 aliphatic heterocycles. The molecule has 1 aromatic carbocycles. The smallest absolute Gasteiger partial charge is 0.273 e. The highest BCUT2D eigenvalue weighted by molar-refractivity contribution is 5.66. The minimum absolute atomic E-state index is 0.0138. The number of nitro benzene ring substituents is 1. The van der Waals surface area contributed by atoms with E-state index < -0.39 is 16.4 Å². The lowest BCUT2D eigenvalue weighted by Crippen LogP contribution is -1.98. The van der Waals surface area contributed by atoms with Gasteiger partial charge in [0, 0.05) is 23.4 Å². The van der Waals surface area contributed by atoms with Gasteiger partial charge in [-0.1, -0.05) is 0 Å². The van der Waals surface area contributed by atoms with Crippen molar-refractivity contribution in [2.24, 2.45) is 5.73 Å². The van der Waals surface area contributed by atoms with Gasteiger partial charge in [0.25, 0.3) is 5.69 Å². The number of nitro groups is 1. The lowest BCUT2D eigenvalue weighted by atomic mass is 10.1. The molecule has 0 aliphatic rings. The van der Waals surface area contributed by atoms with Gasteiger partial charge in [0.15, 0.2) is 0 Å². The summed E-state index contributed by atoms with van der Waals surface area (Å²) in [6.45, 7) is 0. The van der Waals surface area contributed by atoms with E-state index in [4.69, 9.17) is 11.0 Å². The van der Waals surface area contributed by atoms with Crippen LogP contribution in [0, 0.1) is 27.3 Å². The van der Waals surface area contributed by atoms with Crippen LogP contribution in [0.15, 0.2) is 24.3 Å². The summed E-state index contributed by atoms with van der Waals surface area (Å²) in [6, 6.07) is 4.56. The second-order valence-corrected chi connectivity index (χ2v) is 2.68. The fourth-order valence-electron chi connectivity index (χ4n) is 0.999. The third-order valence-corrected chi connectivity index (χ3v) is 1.65. The number of hydrogen-bond acceptors (Lipinski definition) is 4. The van der Waals surface area contributed by atoms with Gasteiger partial charge < -0.3 is 5.73 Å². The Kier molecular flexibility index (Phi) is 2.98. The Hall–Kier alpha value is -2.42. The van der Waals surface area contributed by atoms with Crippen LogP contribution in [0.5, 0.6) is 0 Å². The van der Waals surface area contributed by atoms with E-state index in [9.17, 15) is 14.5 Å². The first kappa shape index (κ1) is 10.7. The second-order valence-electron chi connectivity index (χ2n) is 2.68. The Labute approximate surface area is 84.4 Å². The molecule has 5 nitrogen and oxygen atoms in total. The zero-order valence-corrected chi connectivity index (χ0v) is 7.48. The zero-order valence-electron chi connectivity index (χ0n) is 7.48. The normalized spacial score (nSPS) is 10.8. The molecular formula is C9H6FN3O2. The number of nitrogens with zero attached hydrogens (tertiary/aromatic N) is 2. The van der Waals surface area contributed by atoms with Crippen LogP contribution in [0.2, 0.25) is 0 Å². The lowest BCUT2D eigenvalue weighted by Gasteiger charge is -2.00. The van der Waals surface area contributed by atoms with Gasteiger partial charge in [0.05, 0.1) is 17.1 Å². The Morgan fingerprint density at radius 3 is 2.80 bits per heavy atom. The summed E-state index contributed by atoms with van der Waals surface area (Å²) in [5.74, 6) is -0.770. The van der Waals surface area contributed by atoms with Crippen LogP contribution in [0.1, 0.15) is 5.56 Å². The fraction of sp³-hybridized carbons (Fsp3) is 0. The topological polar surface area (TPSA) is 93.0 Å². The van der Waals surface area contributed by atoms with Crippen molar-refractivity contribution in [2.45, 2.75) is 0 Å². The van der Waals surface area contributed by atoms with E-state index in [2.05, 4.69) is 0 Å². The second kappa shape index (κ2) is 4.19. The van der Waals surface area contributed by atoms with Crippen LogP contribution in [0.4, 0.5) is 10.1 Å².